The Balaban J connectivity index is 0.00000156. The van der Waals surface area contributed by atoms with Gasteiger partial charge in [-0.2, -0.15) is 0 Å². The van der Waals surface area contributed by atoms with Gasteiger partial charge in [0.2, 0.25) is 0 Å². The molecule has 0 amide bonds. The highest BCUT2D eigenvalue weighted by atomic mass is 127. The van der Waals surface area contributed by atoms with Crippen LogP contribution in [0.4, 0.5) is 0 Å². The van der Waals surface area contributed by atoms with Gasteiger partial charge in [-0.25, -0.2) is 0 Å². The van der Waals surface area contributed by atoms with Gasteiger partial charge in [0.05, 0.1) is 6.61 Å². The molecule has 2 bridgehead atoms. The monoisotopic (exact) mass is 431 g/mol. The molecule has 3 heterocycles. The number of ether oxygens (including phenoxy) is 2. The molecule has 0 aliphatic carbocycles. The normalized spacial score (nSPS) is 35.8. The van der Waals surface area contributed by atoms with Crippen LogP contribution in [0.3, 0.4) is 0 Å². The number of morpholine rings is 1. The Morgan fingerprint density at radius 1 is 1.30 bits per heavy atom. The summed E-state index contributed by atoms with van der Waals surface area (Å²) in [6.45, 7) is -0.226. The van der Waals surface area contributed by atoms with Gasteiger partial charge >= 0.3 is 5.97 Å². The van der Waals surface area contributed by atoms with E-state index >= 15 is 0 Å². The highest BCUT2D eigenvalue weighted by Gasteiger charge is 2.62. The number of carbonyl (C=O) groups is 1. The summed E-state index contributed by atoms with van der Waals surface area (Å²) >= 11 is 0. The van der Waals surface area contributed by atoms with Crippen molar-refractivity contribution in [2.45, 2.75) is 49.2 Å². The van der Waals surface area contributed by atoms with E-state index in [2.05, 4.69) is 11.9 Å². The summed E-state index contributed by atoms with van der Waals surface area (Å²) in [4.78, 5) is 14.8. The van der Waals surface area contributed by atoms with Crippen molar-refractivity contribution < 1.29 is 19.4 Å². The van der Waals surface area contributed by atoms with Gasteiger partial charge in [-0.15, -0.1) is 24.0 Å². The number of aliphatic hydroxyl groups is 1. The van der Waals surface area contributed by atoms with Gasteiger partial charge in [0.25, 0.3) is 0 Å². The quantitative estimate of drug-likeness (QED) is 0.445. The lowest BCUT2D eigenvalue weighted by Crippen LogP contribution is -2.48. The number of halogens is 1. The van der Waals surface area contributed by atoms with E-state index in [1.54, 1.807) is 0 Å². The van der Waals surface area contributed by atoms with E-state index in [-0.39, 0.29) is 42.7 Å². The Bertz CT molecular complexity index is 551. The van der Waals surface area contributed by atoms with Crippen molar-refractivity contribution in [1.29, 1.82) is 0 Å². The first-order valence-electron chi connectivity index (χ1n) is 7.92. The molecular weight excluding hydrogens is 409 g/mol. The van der Waals surface area contributed by atoms with E-state index in [1.807, 2.05) is 30.3 Å². The minimum Gasteiger partial charge on any atom is -0.462 e. The van der Waals surface area contributed by atoms with Crippen LogP contribution in [0.15, 0.2) is 30.3 Å². The molecule has 4 unspecified atom stereocenters. The lowest BCUT2D eigenvalue weighted by Gasteiger charge is -2.38. The van der Waals surface area contributed by atoms with Gasteiger partial charge in [-0.3, -0.25) is 9.69 Å². The third-order valence-corrected chi connectivity index (χ3v) is 5.33. The lowest BCUT2D eigenvalue weighted by atomic mass is 9.97. The second kappa shape index (κ2) is 6.66. The summed E-state index contributed by atoms with van der Waals surface area (Å²) < 4.78 is 11.4. The molecule has 3 aliphatic heterocycles. The summed E-state index contributed by atoms with van der Waals surface area (Å²) in [7, 11) is 2.13. The van der Waals surface area contributed by atoms with Crippen molar-refractivity contribution in [3.63, 3.8) is 0 Å². The van der Waals surface area contributed by atoms with Crippen LogP contribution < -0.4 is 0 Å². The third kappa shape index (κ3) is 3.01. The SMILES string of the molecule is CN1C2CC(OC(=O)[C@@H](CO)c3ccccc3)CC1C1OC12.I. The van der Waals surface area contributed by atoms with E-state index in [4.69, 9.17) is 9.47 Å². The highest BCUT2D eigenvalue weighted by molar-refractivity contribution is 14.0. The number of nitrogens with zero attached hydrogens (tertiary/aromatic N) is 1. The molecule has 0 aromatic heterocycles. The van der Waals surface area contributed by atoms with Crippen LogP contribution >= 0.6 is 24.0 Å². The molecule has 3 fully saturated rings. The molecule has 5 atom stereocenters. The number of hydrogen-bond acceptors (Lipinski definition) is 5. The first-order valence-corrected chi connectivity index (χ1v) is 7.92. The van der Waals surface area contributed by atoms with Crippen LogP contribution in [0.5, 0.6) is 0 Å². The maximum Gasteiger partial charge on any atom is 0.316 e. The number of hydrogen-bond donors (Lipinski definition) is 1. The Morgan fingerprint density at radius 3 is 2.48 bits per heavy atom. The van der Waals surface area contributed by atoms with Gasteiger partial charge in [0.1, 0.15) is 24.2 Å². The molecule has 126 valence electrons. The van der Waals surface area contributed by atoms with Gasteiger partial charge < -0.3 is 14.6 Å². The topological polar surface area (TPSA) is 62.3 Å². The number of epoxide rings is 1. The number of benzene rings is 1. The molecule has 1 aromatic rings. The van der Waals surface area contributed by atoms with Crippen LogP contribution in [0.1, 0.15) is 24.3 Å². The Labute approximate surface area is 153 Å². The second-order valence-electron chi connectivity index (χ2n) is 6.54. The van der Waals surface area contributed by atoms with Crippen molar-refractivity contribution >= 4 is 29.9 Å². The fourth-order valence-corrected chi connectivity index (χ4v) is 4.04. The molecule has 1 aromatic carbocycles. The molecule has 3 aliphatic rings. The minimum absolute atomic E-state index is 0. The molecule has 0 radical (unpaired) electrons. The number of aliphatic hydroxyl groups excluding tert-OH is 1. The van der Waals surface area contributed by atoms with E-state index < -0.39 is 5.92 Å². The first kappa shape index (κ1) is 17.1. The molecule has 5 nitrogen and oxygen atoms in total. The molecule has 0 spiro atoms. The van der Waals surface area contributed by atoms with Gasteiger partial charge in [0, 0.05) is 24.9 Å². The Morgan fingerprint density at radius 2 is 1.91 bits per heavy atom. The van der Waals surface area contributed by atoms with E-state index in [0.717, 1.165) is 18.4 Å². The van der Waals surface area contributed by atoms with Crippen LogP contribution in [0, 0.1) is 0 Å². The number of esters is 1. The minimum atomic E-state index is -0.593. The predicted octanol–water partition coefficient (Wildman–Crippen LogP) is 1.54. The molecule has 4 rings (SSSR count). The summed E-state index contributed by atoms with van der Waals surface area (Å²) in [6.07, 6.45) is 2.26. The smallest absolute Gasteiger partial charge is 0.316 e. The molecular formula is C17H22INO4. The summed E-state index contributed by atoms with van der Waals surface area (Å²) in [6, 6.07) is 10.1. The number of piperidine rings is 1. The fraction of sp³-hybridized carbons (Fsp3) is 0.588. The largest absolute Gasteiger partial charge is 0.462 e. The summed E-state index contributed by atoms with van der Waals surface area (Å²) in [5.74, 6) is -0.915. The van der Waals surface area contributed by atoms with Crippen molar-refractivity contribution in [3.8, 4) is 0 Å². The Kier molecular flexibility index (Phi) is 4.96. The van der Waals surface area contributed by atoms with Crippen LogP contribution in [0.2, 0.25) is 0 Å². The molecule has 23 heavy (non-hydrogen) atoms. The van der Waals surface area contributed by atoms with E-state index in [1.165, 1.54) is 0 Å². The number of carbonyl (C=O) groups excluding carboxylic acids is 1. The predicted molar refractivity (Wildman–Crippen MR) is 94.8 cm³/mol. The van der Waals surface area contributed by atoms with E-state index in [0.29, 0.717) is 24.3 Å². The average Bonchev–Trinajstić information content (AvgIpc) is 3.27. The number of likely N-dealkylation sites (N-methyl/N-ethyl adjacent to an activating group) is 1. The van der Waals surface area contributed by atoms with Crippen molar-refractivity contribution in [2.75, 3.05) is 13.7 Å². The fourth-order valence-electron chi connectivity index (χ4n) is 4.04. The first-order chi connectivity index (χ1) is 10.7. The Hall–Kier alpha value is -0.700. The maximum atomic E-state index is 12.4. The van der Waals surface area contributed by atoms with Crippen molar-refractivity contribution in [1.82, 2.24) is 4.90 Å². The van der Waals surface area contributed by atoms with Gasteiger partial charge in [0.15, 0.2) is 0 Å². The molecule has 0 saturated carbocycles. The van der Waals surface area contributed by atoms with Crippen LogP contribution in [0.25, 0.3) is 0 Å². The van der Waals surface area contributed by atoms with Crippen molar-refractivity contribution in [2.24, 2.45) is 0 Å². The summed E-state index contributed by atoms with van der Waals surface area (Å²) in [5.41, 5.74) is 0.803. The zero-order valence-electron chi connectivity index (χ0n) is 13.0. The molecule has 1 N–H and O–H groups in total. The van der Waals surface area contributed by atoms with Crippen molar-refractivity contribution in [3.05, 3.63) is 35.9 Å². The number of fused-ring (bicyclic) bond motifs is 5. The second-order valence-corrected chi connectivity index (χ2v) is 6.54. The van der Waals surface area contributed by atoms with Crippen LogP contribution in [-0.4, -0.2) is 60.0 Å². The van der Waals surface area contributed by atoms with Gasteiger partial charge in [-0.1, -0.05) is 30.3 Å². The zero-order chi connectivity index (χ0) is 15.3. The maximum absolute atomic E-state index is 12.4. The van der Waals surface area contributed by atoms with Crippen LogP contribution in [-0.2, 0) is 14.3 Å². The summed E-state index contributed by atoms with van der Waals surface area (Å²) in [5, 5.41) is 9.56. The third-order valence-electron chi connectivity index (χ3n) is 5.33. The molecule has 6 heteroatoms. The number of rotatable bonds is 4. The van der Waals surface area contributed by atoms with E-state index in [9.17, 15) is 9.90 Å². The standard InChI is InChI=1S/C17H21NO4.HI/c1-18-13-7-11(8-14(18)16-15(13)22-16)21-17(20)12(9-19)10-5-3-2-4-6-10;/h2-6,11-16,19H,7-9H2,1H3;1H/t11?,12-,13?,14?,15?,16?;/m0./s1. The molecule has 3 saturated heterocycles. The highest BCUT2D eigenvalue weighted by Crippen LogP contribution is 2.48. The average molecular weight is 431 g/mol. The lowest BCUT2D eigenvalue weighted by molar-refractivity contribution is -0.156. The van der Waals surface area contributed by atoms with Gasteiger partial charge in [-0.05, 0) is 12.6 Å². The zero-order valence-corrected chi connectivity index (χ0v) is 15.3.